The Labute approximate surface area is 344 Å². The second-order valence-corrected chi connectivity index (χ2v) is 13.3. The van der Waals surface area contributed by atoms with Crippen molar-refractivity contribution in [2.24, 2.45) is 4.99 Å². The van der Waals surface area contributed by atoms with Crippen LogP contribution in [0.15, 0.2) is 95.3 Å². The molecule has 3 aliphatic rings. The molecule has 3 aromatic heterocycles. The zero-order valence-electron chi connectivity index (χ0n) is 30.3. The Kier molecular flexibility index (Phi) is 16.7. The summed E-state index contributed by atoms with van der Waals surface area (Å²) in [4.78, 5) is 71.6. The van der Waals surface area contributed by atoms with Crippen LogP contribution in [0.1, 0.15) is 16.7 Å². The van der Waals surface area contributed by atoms with Crippen LogP contribution >= 0.6 is 34.8 Å². The van der Waals surface area contributed by atoms with Crippen molar-refractivity contribution in [3.8, 4) is 0 Å². The largest absolute Gasteiger partial charge is 0.377 e. The van der Waals surface area contributed by atoms with Crippen LogP contribution in [0.25, 0.3) is 0 Å². The Bertz CT molecular complexity index is 2060. The molecule has 0 aromatic carbocycles. The fourth-order valence-corrected chi connectivity index (χ4v) is 6.04. The van der Waals surface area contributed by atoms with E-state index in [2.05, 4.69) is 30.6 Å². The van der Waals surface area contributed by atoms with Crippen molar-refractivity contribution in [1.82, 2.24) is 40.3 Å². The minimum atomic E-state index is -1.89. The maximum absolute atomic E-state index is 12.0. The van der Waals surface area contributed by atoms with Crippen molar-refractivity contribution >= 4 is 53.2 Å². The van der Waals surface area contributed by atoms with E-state index >= 15 is 0 Å². The summed E-state index contributed by atoms with van der Waals surface area (Å²) in [6, 6.07) is 10.2. The molecule has 2 fully saturated rings. The molecule has 3 aromatic rings. The standard InChI is InChI=1S/C22H22Cl2N8O5.C10H11ClN4O2.C2H2O2/c23-18-3-1-14(10-27-18)12-29-7-5-25-21(29)16(31(34)35)9-17(33)20(32(36)37)22-26-6-8-30(22)13-15-2-4-19(24)28-11-15;11-9-2-1-8(5-13-9)6-14-4-3-12-10(14)7-15(16)17;3-1-2-4/h1-4,9-11,17,26,33H,5-8,12-13H2;1-2,5,7,12H,3-4,6H2;1-2H/b16-9+,22-20-;10-7+;. The average Bonchev–Trinajstić information content (AvgIpc) is 3.96. The number of nitro groups is 3. The molecular formula is C34H35Cl3N12O9. The number of hydrogen-bond donors (Lipinski definition) is 3. The summed E-state index contributed by atoms with van der Waals surface area (Å²) in [5.41, 5.74) is 1.33. The highest BCUT2D eigenvalue weighted by atomic mass is 35.5. The summed E-state index contributed by atoms with van der Waals surface area (Å²) < 4.78 is 0. The van der Waals surface area contributed by atoms with Gasteiger partial charge in [-0.3, -0.25) is 44.9 Å². The van der Waals surface area contributed by atoms with E-state index in [0.717, 1.165) is 35.5 Å². The first-order chi connectivity index (χ1) is 27.8. The molecule has 1 atom stereocenters. The highest BCUT2D eigenvalue weighted by molar-refractivity contribution is 6.29. The molecule has 21 nitrogen and oxygen atoms in total. The summed E-state index contributed by atoms with van der Waals surface area (Å²) >= 11 is 17.3. The molecule has 3 aliphatic heterocycles. The Morgan fingerprint density at radius 3 is 1.71 bits per heavy atom. The molecule has 6 rings (SSSR count). The predicted molar refractivity (Wildman–Crippen MR) is 210 cm³/mol. The third-order valence-corrected chi connectivity index (χ3v) is 8.85. The number of rotatable bonds is 13. The van der Waals surface area contributed by atoms with Crippen molar-refractivity contribution in [2.45, 2.75) is 25.7 Å². The van der Waals surface area contributed by atoms with E-state index in [9.17, 15) is 35.4 Å². The van der Waals surface area contributed by atoms with Crippen molar-refractivity contribution in [2.75, 3.05) is 39.3 Å². The van der Waals surface area contributed by atoms with Gasteiger partial charge >= 0.3 is 11.4 Å². The maximum atomic E-state index is 12.0. The monoisotopic (exact) mass is 860 g/mol. The predicted octanol–water partition coefficient (Wildman–Crippen LogP) is 2.67. The van der Waals surface area contributed by atoms with Crippen LogP contribution in [0, 0.1) is 30.3 Å². The Morgan fingerprint density at radius 1 is 0.741 bits per heavy atom. The quantitative estimate of drug-likeness (QED) is 0.0733. The molecule has 0 saturated carbocycles. The molecule has 0 spiro atoms. The third kappa shape index (κ3) is 13.1. The van der Waals surface area contributed by atoms with Crippen LogP contribution in [0.3, 0.4) is 0 Å². The topological polar surface area (TPSA) is 269 Å². The number of nitrogens with one attached hydrogen (secondary N) is 2. The third-order valence-electron chi connectivity index (χ3n) is 8.18. The van der Waals surface area contributed by atoms with Gasteiger partial charge in [-0.2, -0.15) is 0 Å². The van der Waals surface area contributed by atoms with Gasteiger partial charge in [0.05, 0.1) is 21.3 Å². The summed E-state index contributed by atoms with van der Waals surface area (Å²) in [6.45, 7) is 4.05. The lowest BCUT2D eigenvalue weighted by atomic mass is 10.1. The minimum absolute atomic E-state index is 0.0233. The molecule has 306 valence electrons. The number of hydrogen-bond acceptors (Lipinski definition) is 18. The van der Waals surface area contributed by atoms with E-state index in [-0.39, 0.29) is 37.3 Å². The van der Waals surface area contributed by atoms with Crippen LogP contribution in [0.4, 0.5) is 0 Å². The molecule has 0 aliphatic carbocycles. The van der Waals surface area contributed by atoms with Gasteiger partial charge in [0.25, 0.3) is 6.20 Å². The Hall–Kier alpha value is -6.29. The van der Waals surface area contributed by atoms with Gasteiger partial charge in [0.1, 0.15) is 15.5 Å². The number of amidine groups is 1. The molecule has 24 heteroatoms. The number of nitrogens with zero attached hydrogens (tertiary/aromatic N) is 10. The van der Waals surface area contributed by atoms with Crippen molar-refractivity contribution < 1.29 is 29.5 Å². The number of aliphatic imine (C=N–C) groups is 1. The van der Waals surface area contributed by atoms with E-state index in [4.69, 9.17) is 44.4 Å². The number of aliphatic hydroxyl groups is 1. The smallest absolute Gasteiger partial charge is 0.318 e. The van der Waals surface area contributed by atoms with Gasteiger partial charge in [0, 0.05) is 77.0 Å². The molecule has 2 saturated heterocycles. The lowest BCUT2D eigenvalue weighted by Gasteiger charge is -2.20. The Morgan fingerprint density at radius 2 is 1.24 bits per heavy atom. The van der Waals surface area contributed by atoms with Crippen molar-refractivity contribution in [1.29, 1.82) is 0 Å². The number of aromatic nitrogens is 3. The molecule has 3 N–H and O–H groups in total. The molecular weight excluding hydrogens is 827 g/mol. The van der Waals surface area contributed by atoms with Crippen molar-refractivity contribution in [3.63, 3.8) is 0 Å². The number of aliphatic hydroxyl groups excluding tert-OH is 1. The zero-order valence-corrected chi connectivity index (χ0v) is 32.5. The van der Waals surface area contributed by atoms with E-state index < -0.39 is 32.3 Å². The number of pyridine rings is 3. The van der Waals surface area contributed by atoms with Crippen LogP contribution in [0.5, 0.6) is 0 Å². The molecule has 58 heavy (non-hydrogen) atoms. The van der Waals surface area contributed by atoms with Gasteiger partial charge in [-0.05, 0) is 34.9 Å². The molecule has 0 radical (unpaired) electrons. The van der Waals surface area contributed by atoms with Gasteiger partial charge in [0.15, 0.2) is 30.3 Å². The van der Waals surface area contributed by atoms with Gasteiger partial charge in [0.2, 0.25) is 5.84 Å². The molecule has 0 amide bonds. The van der Waals surface area contributed by atoms with Gasteiger partial charge < -0.3 is 30.4 Å². The zero-order chi connectivity index (χ0) is 42.2. The summed E-state index contributed by atoms with van der Waals surface area (Å²) in [5, 5.41) is 52.2. The number of halogens is 3. The molecule has 0 bridgehead atoms. The second kappa shape index (κ2) is 21.9. The summed E-state index contributed by atoms with van der Waals surface area (Å²) in [6.07, 6.45) is 5.11. The highest BCUT2D eigenvalue weighted by Crippen LogP contribution is 2.23. The average molecular weight is 862 g/mol. The maximum Gasteiger partial charge on any atom is 0.318 e. The first kappa shape index (κ1) is 44.4. The fourth-order valence-electron chi connectivity index (χ4n) is 5.71. The minimum Gasteiger partial charge on any atom is -0.377 e. The van der Waals surface area contributed by atoms with Gasteiger partial charge in [-0.15, -0.1) is 0 Å². The second-order valence-electron chi connectivity index (χ2n) is 12.1. The van der Waals surface area contributed by atoms with Gasteiger partial charge in [-0.1, -0.05) is 53.0 Å². The van der Waals surface area contributed by atoms with E-state index in [1.54, 1.807) is 58.7 Å². The number of aldehydes is 2. The molecule has 6 heterocycles. The van der Waals surface area contributed by atoms with E-state index in [1.807, 2.05) is 11.0 Å². The van der Waals surface area contributed by atoms with Crippen LogP contribution < -0.4 is 10.6 Å². The van der Waals surface area contributed by atoms with E-state index in [0.29, 0.717) is 60.5 Å². The summed E-state index contributed by atoms with van der Waals surface area (Å²) in [7, 11) is 0. The first-order valence-electron chi connectivity index (χ1n) is 17.0. The number of carbonyl (C=O) groups excluding carboxylic acids is 2. The lowest BCUT2D eigenvalue weighted by molar-refractivity contribution is -0.438. The molecule has 1 unspecified atom stereocenters. The number of carbonyl (C=O) groups is 2. The normalized spacial score (nSPS) is 16.8. The summed E-state index contributed by atoms with van der Waals surface area (Å²) in [5.74, 6) is 0.629. The Balaban J connectivity index is 0.000000293. The van der Waals surface area contributed by atoms with Crippen LogP contribution in [0.2, 0.25) is 15.5 Å². The van der Waals surface area contributed by atoms with Crippen LogP contribution in [-0.2, 0) is 29.2 Å². The lowest BCUT2D eigenvalue weighted by Crippen LogP contribution is -2.33. The van der Waals surface area contributed by atoms with Crippen LogP contribution in [-0.4, -0.2) is 113 Å². The van der Waals surface area contributed by atoms with E-state index in [1.165, 1.54) is 0 Å². The SMILES string of the molecule is O=CC=O.O=[N+]([O-])/C(=C1/NCCN1Cc1ccc(Cl)nc1)C(O)/C=C(\C1=NCCN1Cc1ccc(Cl)nc1)[N+](=O)[O-].O=[N+]([O-])/C=C1\NCCN1Cc1ccc(Cl)nc1. The highest BCUT2D eigenvalue weighted by Gasteiger charge is 2.37. The van der Waals surface area contributed by atoms with Gasteiger partial charge in [-0.25, -0.2) is 15.0 Å². The van der Waals surface area contributed by atoms with Crippen molar-refractivity contribution in [3.05, 3.63) is 153 Å². The first-order valence-corrected chi connectivity index (χ1v) is 18.2. The fraction of sp³-hybridized carbons (Fsp3) is 0.294.